The molecule has 0 aliphatic heterocycles. The van der Waals surface area contributed by atoms with Crippen LogP contribution in [0.25, 0.3) is 0 Å². The van der Waals surface area contributed by atoms with E-state index in [0.29, 0.717) is 5.56 Å². The molecule has 0 saturated heterocycles. The number of methoxy groups -OCH3 is 1. The van der Waals surface area contributed by atoms with E-state index in [0.717, 1.165) is 5.56 Å². The van der Waals surface area contributed by atoms with Crippen LogP contribution in [0.5, 0.6) is 5.75 Å². The third-order valence-electron chi connectivity index (χ3n) is 3.15. The summed E-state index contributed by atoms with van der Waals surface area (Å²) in [5.41, 5.74) is 1.34. The van der Waals surface area contributed by atoms with E-state index in [4.69, 9.17) is 4.74 Å². The largest absolute Gasteiger partial charge is 0.482 e. The Morgan fingerprint density at radius 3 is 2.50 bits per heavy atom. The Hall–Kier alpha value is -2.89. The molecule has 0 aliphatic rings. The van der Waals surface area contributed by atoms with Crippen LogP contribution >= 0.6 is 0 Å². The van der Waals surface area contributed by atoms with Crippen LogP contribution in [-0.4, -0.2) is 18.0 Å². The lowest BCUT2D eigenvalue weighted by molar-refractivity contribution is -0.386. The molecule has 114 valence electrons. The van der Waals surface area contributed by atoms with Crippen LogP contribution in [0.15, 0.2) is 42.5 Å². The summed E-state index contributed by atoms with van der Waals surface area (Å²) in [5, 5.41) is 11.2. The average Bonchev–Trinajstić information content (AvgIpc) is 2.52. The molecule has 0 aromatic heterocycles. The first-order valence-electron chi connectivity index (χ1n) is 6.57. The number of aryl methyl sites for hydroxylation is 1. The van der Waals surface area contributed by atoms with Crippen LogP contribution in [0.4, 0.5) is 5.69 Å². The molecule has 0 saturated carbocycles. The summed E-state index contributed by atoms with van der Waals surface area (Å²) in [4.78, 5) is 22.2. The molecule has 2 rings (SSSR count). The summed E-state index contributed by atoms with van der Waals surface area (Å²) in [7, 11) is 1.23. The van der Waals surface area contributed by atoms with Gasteiger partial charge in [-0.05, 0) is 24.1 Å². The van der Waals surface area contributed by atoms with Gasteiger partial charge in [0, 0.05) is 6.07 Å². The molecule has 0 N–H and O–H groups in total. The molecule has 0 unspecified atom stereocenters. The van der Waals surface area contributed by atoms with Crippen LogP contribution in [0.1, 0.15) is 21.5 Å². The zero-order valence-corrected chi connectivity index (χ0v) is 12.2. The van der Waals surface area contributed by atoms with Gasteiger partial charge in [0.2, 0.25) is 0 Å². The second-order valence-electron chi connectivity index (χ2n) is 4.66. The van der Waals surface area contributed by atoms with E-state index in [2.05, 4.69) is 4.74 Å². The van der Waals surface area contributed by atoms with Gasteiger partial charge in [-0.15, -0.1) is 0 Å². The number of hydrogen-bond donors (Lipinski definition) is 0. The Balaban J connectivity index is 2.32. The van der Waals surface area contributed by atoms with Gasteiger partial charge in [0.25, 0.3) is 0 Å². The number of nitro benzene ring substituents is 1. The van der Waals surface area contributed by atoms with Gasteiger partial charge < -0.3 is 9.47 Å². The van der Waals surface area contributed by atoms with Crippen LogP contribution < -0.4 is 4.74 Å². The van der Waals surface area contributed by atoms with Gasteiger partial charge >= 0.3 is 11.7 Å². The van der Waals surface area contributed by atoms with Crippen molar-refractivity contribution in [2.45, 2.75) is 13.5 Å². The smallest absolute Gasteiger partial charge is 0.338 e. The molecule has 0 aliphatic carbocycles. The van der Waals surface area contributed by atoms with Crippen molar-refractivity contribution >= 4 is 11.7 Å². The fourth-order valence-electron chi connectivity index (χ4n) is 1.99. The van der Waals surface area contributed by atoms with Gasteiger partial charge in [0.05, 0.1) is 17.6 Å². The van der Waals surface area contributed by atoms with Crippen molar-refractivity contribution in [1.82, 2.24) is 0 Å². The highest BCUT2D eigenvalue weighted by atomic mass is 16.6. The first-order valence-corrected chi connectivity index (χ1v) is 6.57. The van der Waals surface area contributed by atoms with Gasteiger partial charge in [-0.25, -0.2) is 4.79 Å². The van der Waals surface area contributed by atoms with E-state index < -0.39 is 10.9 Å². The maximum absolute atomic E-state index is 11.6. The van der Waals surface area contributed by atoms with Crippen molar-refractivity contribution in [3.05, 3.63) is 69.3 Å². The zero-order valence-electron chi connectivity index (χ0n) is 12.2. The number of esters is 1. The van der Waals surface area contributed by atoms with Crippen molar-refractivity contribution < 1.29 is 19.2 Å². The van der Waals surface area contributed by atoms with Crippen molar-refractivity contribution in [1.29, 1.82) is 0 Å². The van der Waals surface area contributed by atoms with E-state index in [1.54, 1.807) is 6.92 Å². The van der Waals surface area contributed by atoms with Gasteiger partial charge in [0.15, 0.2) is 5.75 Å². The quantitative estimate of drug-likeness (QED) is 0.481. The molecular formula is C16H15NO5. The van der Waals surface area contributed by atoms with Crippen LogP contribution in [0.3, 0.4) is 0 Å². The molecule has 6 heteroatoms. The van der Waals surface area contributed by atoms with Crippen LogP contribution in [0, 0.1) is 17.0 Å². The number of nitrogens with zero attached hydrogens (tertiary/aromatic N) is 1. The Bertz CT molecular complexity index is 697. The molecule has 22 heavy (non-hydrogen) atoms. The minimum absolute atomic E-state index is 0.124. The first kappa shape index (κ1) is 15.5. The minimum Gasteiger partial charge on any atom is -0.482 e. The second kappa shape index (κ2) is 6.71. The molecule has 0 amide bonds. The molecule has 0 atom stereocenters. The third kappa shape index (κ3) is 3.41. The maximum Gasteiger partial charge on any atom is 0.338 e. The zero-order chi connectivity index (χ0) is 16.1. The topological polar surface area (TPSA) is 78.7 Å². The number of ether oxygens (including phenoxy) is 2. The SMILES string of the molecule is COC(=O)c1cc([N+](=O)[O-])c(OCc2ccccc2)cc1C. The highest BCUT2D eigenvalue weighted by molar-refractivity contribution is 5.92. The molecule has 2 aromatic carbocycles. The molecule has 2 aromatic rings. The standard InChI is InChI=1S/C16H15NO5/c1-11-8-15(22-10-12-6-4-3-5-7-12)14(17(19)20)9-13(11)16(18)21-2/h3-9H,10H2,1-2H3. The first-order chi connectivity index (χ1) is 10.5. The molecule has 0 heterocycles. The number of rotatable bonds is 5. The summed E-state index contributed by atoms with van der Waals surface area (Å²) >= 11 is 0. The number of benzene rings is 2. The third-order valence-corrected chi connectivity index (χ3v) is 3.15. The summed E-state index contributed by atoms with van der Waals surface area (Å²) in [6, 6.07) is 12.0. The van der Waals surface area contributed by atoms with Crippen LogP contribution in [-0.2, 0) is 11.3 Å². The van der Waals surface area contributed by atoms with E-state index in [1.165, 1.54) is 19.2 Å². The molecule has 0 bridgehead atoms. The summed E-state index contributed by atoms with van der Waals surface area (Å²) in [6.07, 6.45) is 0. The number of carbonyl (C=O) groups is 1. The fourth-order valence-corrected chi connectivity index (χ4v) is 1.99. The van der Waals surface area contributed by atoms with Gasteiger partial charge in [-0.2, -0.15) is 0 Å². The molecular weight excluding hydrogens is 286 g/mol. The van der Waals surface area contributed by atoms with Crippen molar-refractivity contribution in [3.63, 3.8) is 0 Å². The van der Waals surface area contributed by atoms with Crippen molar-refractivity contribution in [2.75, 3.05) is 7.11 Å². The lowest BCUT2D eigenvalue weighted by Crippen LogP contribution is -2.07. The average molecular weight is 301 g/mol. The van der Waals surface area contributed by atoms with Gasteiger partial charge in [-0.3, -0.25) is 10.1 Å². The predicted octanol–water partition coefficient (Wildman–Crippen LogP) is 3.27. The normalized spacial score (nSPS) is 10.1. The Morgan fingerprint density at radius 1 is 1.23 bits per heavy atom. The number of nitro groups is 1. The van der Waals surface area contributed by atoms with E-state index >= 15 is 0 Å². The Kier molecular flexibility index (Phi) is 4.73. The maximum atomic E-state index is 11.6. The summed E-state index contributed by atoms with van der Waals surface area (Å²) < 4.78 is 10.2. The lowest BCUT2D eigenvalue weighted by Gasteiger charge is -2.10. The highest BCUT2D eigenvalue weighted by Gasteiger charge is 2.21. The number of hydrogen-bond acceptors (Lipinski definition) is 5. The Morgan fingerprint density at radius 2 is 1.91 bits per heavy atom. The molecule has 0 spiro atoms. The van der Waals surface area contributed by atoms with E-state index in [-0.39, 0.29) is 23.6 Å². The minimum atomic E-state index is -0.616. The van der Waals surface area contributed by atoms with Crippen LogP contribution in [0.2, 0.25) is 0 Å². The molecule has 0 fully saturated rings. The monoisotopic (exact) mass is 301 g/mol. The van der Waals surface area contributed by atoms with E-state index in [9.17, 15) is 14.9 Å². The lowest BCUT2D eigenvalue weighted by atomic mass is 10.1. The van der Waals surface area contributed by atoms with Crippen molar-refractivity contribution in [2.24, 2.45) is 0 Å². The number of carbonyl (C=O) groups excluding carboxylic acids is 1. The molecule has 0 radical (unpaired) electrons. The summed E-state index contributed by atoms with van der Waals surface area (Å²) in [5.74, 6) is -0.491. The predicted molar refractivity (Wildman–Crippen MR) is 79.9 cm³/mol. The highest BCUT2D eigenvalue weighted by Crippen LogP contribution is 2.31. The van der Waals surface area contributed by atoms with Gasteiger partial charge in [0.1, 0.15) is 6.61 Å². The summed E-state index contributed by atoms with van der Waals surface area (Å²) in [6.45, 7) is 1.88. The van der Waals surface area contributed by atoms with Crippen molar-refractivity contribution in [3.8, 4) is 5.75 Å². The fraction of sp³-hybridized carbons (Fsp3) is 0.188. The van der Waals surface area contributed by atoms with E-state index in [1.807, 2.05) is 30.3 Å². The molecule has 6 nitrogen and oxygen atoms in total. The second-order valence-corrected chi connectivity index (χ2v) is 4.66. The Labute approximate surface area is 127 Å². The van der Waals surface area contributed by atoms with Gasteiger partial charge in [-0.1, -0.05) is 30.3 Å².